The number of hydrogen-bond donors (Lipinski definition) is 2. The van der Waals surface area contributed by atoms with Gasteiger partial charge < -0.3 is 16.2 Å². The number of aryl methyl sites for hydroxylation is 1. The lowest BCUT2D eigenvalue weighted by Gasteiger charge is -2.28. The molecule has 126 valence electrons. The van der Waals surface area contributed by atoms with Crippen molar-refractivity contribution in [2.75, 3.05) is 11.5 Å². The predicted molar refractivity (Wildman–Crippen MR) is 96.9 cm³/mol. The Morgan fingerprint density at radius 1 is 0.958 bits per heavy atom. The summed E-state index contributed by atoms with van der Waals surface area (Å²) in [5.41, 5.74) is 15.5. The minimum Gasteiger partial charge on any atom is -0.459 e. The first-order chi connectivity index (χ1) is 11.5. The van der Waals surface area contributed by atoms with E-state index in [0.717, 1.165) is 25.7 Å². The average Bonchev–Trinajstić information content (AvgIpc) is 2.55. The van der Waals surface area contributed by atoms with Gasteiger partial charge in [0.05, 0.1) is 5.56 Å². The van der Waals surface area contributed by atoms with Gasteiger partial charge >= 0.3 is 5.97 Å². The van der Waals surface area contributed by atoms with Crippen molar-refractivity contribution >= 4 is 17.3 Å². The van der Waals surface area contributed by atoms with E-state index in [1.54, 1.807) is 18.2 Å². The van der Waals surface area contributed by atoms with Crippen LogP contribution in [-0.4, -0.2) is 12.1 Å². The highest BCUT2D eigenvalue weighted by atomic mass is 16.5. The maximum absolute atomic E-state index is 12.3. The van der Waals surface area contributed by atoms with E-state index in [0.29, 0.717) is 22.9 Å². The van der Waals surface area contributed by atoms with E-state index in [1.165, 1.54) is 11.1 Å². The molecule has 0 saturated heterocycles. The second-order valence-electron chi connectivity index (χ2n) is 6.68. The third-order valence-electron chi connectivity index (χ3n) is 4.71. The first-order valence-corrected chi connectivity index (χ1v) is 8.45. The third kappa shape index (κ3) is 3.88. The van der Waals surface area contributed by atoms with Crippen molar-refractivity contribution in [1.29, 1.82) is 0 Å². The summed E-state index contributed by atoms with van der Waals surface area (Å²) in [6, 6.07) is 13.6. The van der Waals surface area contributed by atoms with Gasteiger partial charge in [0.1, 0.15) is 6.10 Å². The molecule has 4 N–H and O–H groups in total. The zero-order valence-electron chi connectivity index (χ0n) is 14.0. The summed E-state index contributed by atoms with van der Waals surface area (Å²) in [6.07, 6.45) is 3.84. The molecule has 0 atom stereocenters. The molecule has 1 aliphatic rings. The third-order valence-corrected chi connectivity index (χ3v) is 4.71. The van der Waals surface area contributed by atoms with E-state index < -0.39 is 0 Å². The summed E-state index contributed by atoms with van der Waals surface area (Å²) in [7, 11) is 0. The Kier molecular flexibility index (Phi) is 4.74. The molecule has 0 unspecified atom stereocenters. The molecule has 3 rings (SSSR count). The number of carbonyl (C=O) groups excluding carboxylic acids is 1. The fourth-order valence-corrected chi connectivity index (χ4v) is 3.37. The lowest BCUT2D eigenvalue weighted by atomic mass is 9.82. The monoisotopic (exact) mass is 324 g/mol. The topological polar surface area (TPSA) is 78.3 Å². The molecule has 1 saturated carbocycles. The van der Waals surface area contributed by atoms with Gasteiger partial charge in [0, 0.05) is 11.4 Å². The van der Waals surface area contributed by atoms with E-state index in [2.05, 4.69) is 31.2 Å². The molecule has 2 aromatic rings. The highest BCUT2D eigenvalue weighted by Gasteiger charge is 2.25. The first-order valence-electron chi connectivity index (χ1n) is 8.45. The Bertz CT molecular complexity index is 697. The van der Waals surface area contributed by atoms with Gasteiger partial charge in [-0.1, -0.05) is 29.8 Å². The smallest absolute Gasteiger partial charge is 0.338 e. The van der Waals surface area contributed by atoms with Crippen LogP contribution in [0.3, 0.4) is 0 Å². The van der Waals surface area contributed by atoms with E-state index in [4.69, 9.17) is 16.2 Å². The molecule has 0 bridgehead atoms. The number of nitrogens with two attached hydrogens (primary N) is 2. The first kappa shape index (κ1) is 16.4. The molecule has 0 heterocycles. The van der Waals surface area contributed by atoms with E-state index in [9.17, 15) is 4.79 Å². The number of carbonyl (C=O) groups is 1. The Hall–Kier alpha value is -2.49. The molecule has 1 aliphatic carbocycles. The van der Waals surface area contributed by atoms with Gasteiger partial charge in [0.15, 0.2) is 0 Å². The molecule has 0 radical (unpaired) electrons. The highest BCUT2D eigenvalue weighted by Crippen LogP contribution is 2.34. The van der Waals surface area contributed by atoms with Crippen molar-refractivity contribution in [3.8, 4) is 0 Å². The standard InChI is InChI=1S/C20H24N2O2/c1-13-2-4-14(5-3-13)15-6-8-19(9-7-15)24-20(23)16-10-17(21)12-18(22)11-16/h2-5,10-12,15,19H,6-9,21-22H2,1H3. The summed E-state index contributed by atoms with van der Waals surface area (Å²) in [6.45, 7) is 2.10. The van der Waals surface area contributed by atoms with Crippen LogP contribution in [0.5, 0.6) is 0 Å². The molecule has 1 fully saturated rings. The SMILES string of the molecule is Cc1ccc(C2CCC(OC(=O)c3cc(N)cc(N)c3)CC2)cc1. The second-order valence-corrected chi connectivity index (χ2v) is 6.68. The lowest BCUT2D eigenvalue weighted by molar-refractivity contribution is 0.0195. The summed E-state index contributed by atoms with van der Waals surface area (Å²) in [5, 5.41) is 0. The van der Waals surface area contributed by atoms with Crippen LogP contribution in [0, 0.1) is 6.92 Å². The summed E-state index contributed by atoms with van der Waals surface area (Å²) >= 11 is 0. The summed E-state index contributed by atoms with van der Waals surface area (Å²) < 4.78 is 5.64. The van der Waals surface area contributed by atoms with Crippen molar-refractivity contribution in [2.45, 2.75) is 44.6 Å². The van der Waals surface area contributed by atoms with Crippen LogP contribution in [0.25, 0.3) is 0 Å². The van der Waals surface area contributed by atoms with Gasteiger partial charge in [-0.15, -0.1) is 0 Å². The molecule has 4 heteroatoms. The fourth-order valence-electron chi connectivity index (χ4n) is 3.37. The van der Waals surface area contributed by atoms with Crippen LogP contribution in [-0.2, 0) is 4.74 Å². The van der Waals surface area contributed by atoms with E-state index >= 15 is 0 Å². The largest absolute Gasteiger partial charge is 0.459 e. The number of benzene rings is 2. The molecule has 0 aromatic heterocycles. The summed E-state index contributed by atoms with van der Waals surface area (Å²) in [5.74, 6) is 0.219. The number of ether oxygens (including phenoxy) is 1. The highest BCUT2D eigenvalue weighted by molar-refractivity contribution is 5.91. The molecule has 24 heavy (non-hydrogen) atoms. The maximum atomic E-state index is 12.3. The molecular weight excluding hydrogens is 300 g/mol. The zero-order valence-corrected chi connectivity index (χ0v) is 14.0. The van der Waals surface area contributed by atoms with Crippen LogP contribution in [0.1, 0.15) is 53.1 Å². The Balaban J connectivity index is 1.57. The van der Waals surface area contributed by atoms with E-state index in [1.807, 2.05) is 0 Å². The molecule has 0 aliphatic heterocycles. The molecule has 0 amide bonds. The van der Waals surface area contributed by atoms with Crippen molar-refractivity contribution in [3.05, 3.63) is 59.2 Å². The zero-order chi connectivity index (χ0) is 17.1. The van der Waals surface area contributed by atoms with Crippen LogP contribution in [0.15, 0.2) is 42.5 Å². The van der Waals surface area contributed by atoms with Crippen LogP contribution in [0.2, 0.25) is 0 Å². The molecule has 2 aromatic carbocycles. The maximum Gasteiger partial charge on any atom is 0.338 e. The van der Waals surface area contributed by atoms with Gasteiger partial charge in [-0.3, -0.25) is 0 Å². The van der Waals surface area contributed by atoms with Crippen LogP contribution in [0.4, 0.5) is 11.4 Å². The normalized spacial score (nSPS) is 20.5. The van der Waals surface area contributed by atoms with Gasteiger partial charge in [-0.25, -0.2) is 4.79 Å². The van der Waals surface area contributed by atoms with Crippen LogP contribution < -0.4 is 11.5 Å². The van der Waals surface area contributed by atoms with E-state index in [-0.39, 0.29) is 12.1 Å². The van der Waals surface area contributed by atoms with Gasteiger partial charge in [0.2, 0.25) is 0 Å². The fraction of sp³-hybridized carbons (Fsp3) is 0.350. The number of rotatable bonds is 3. The Morgan fingerprint density at radius 2 is 1.54 bits per heavy atom. The van der Waals surface area contributed by atoms with Gasteiger partial charge in [-0.05, 0) is 62.3 Å². The Morgan fingerprint density at radius 3 is 2.12 bits per heavy atom. The van der Waals surface area contributed by atoms with Gasteiger partial charge in [-0.2, -0.15) is 0 Å². The number of nitrogen functional groups attached to an aromatic ring is 2. The number of hydrogen-bond acceptors (Lipinski definition) is 4. The van der Waals surface area contributed by atoms with Crippen molar-refractivity contribution in [1.82, 2.24) is 0 Å². The van der Waals surface area contributed by atoms with Gasteiger partial charge in [0.25, 0.3) is 0 Å². The molecule has 4 nitrogen and oxygen atoms in total. The van der Waals surface area contributed by atoms with Crippen molar-refractivity contribution < 1.29 is 9.53 Å². The minimum absolute atomic E-state index is 0.0261. The average molecular weight is 324 g/mol. The van der Waals surface area contributed by atoms with Crippen molar-refractivity contribution in [2.24, 2.45) is 0 Å². The quantitative estimate of drug-likeness (QED) is 0.659. The van der Waals surface area contributed by atoms with Crippen molar-refractivity contribution in [3.63, 3.8) is 0 Å². The predicted octanol–water partition coefficient (Wildman–Crippen LogP) is 4.04. The Labute approximate surface area is 142 Å². The molecule has 0 spiro atoms. The lowest BCUT2D eigenvalue weighted by Crippen LogP contribution is -2.24. The molecular formula is C20H24N2O2. The number of anilines is 2. The van der Waals surface area contributed by atoms with Crippen LogP contribution >= 0.6 is 0 Å². The minimum atomic E-state index is -0.340. The number of esters is 1. The summed E-state index contributed by atoms with van der Waals surface area (Å²) in [4.78, 5) is 12.3. The second kappa shape index (κ2) is 6.95.